The van der Waals surface area contributed by atoms with E-state index in [-0.39, 0.29) is 5.69 Å². The van der Waals surface area contributed by atoms with E-state index in [9.17, 15) is 10.1 Å². The number of benzene rings is 1. The maximum absolute atomic E-state index is 10.9. The average molecular weight is 290 g/mol. The van der Waals surface area contributed by atoms with E-state index < -0.39 is 4.92 Å². The van der Waals surface area contributed by atoms with Gasteiger partial charge in [0, 0.05) is 45.0 Å². The number of rotatable bonds is 7. The minimum absolute atomic E-state index is 0.0373. The summed E-state index contributed by atoms with van der Waals surface area (Å²) >= 11 is 0. The van der Waals surface area contributed by atoms with Gasteiger partial charge in [0.15, 0.2) is 0 Å². The van der Waals surface area contributed by atoms with Gasteiger partial charge in [-0.25, -0.2) is 4.98 Å². The Morgan fingerprint density at radius 3 is 2.86 bits per heavy atom. The van der Waals surface area contributed by atoms with Gasteiger partial charge in [0.25, 0.3) is 5.69 Å². The molecule has 0 fully saturated rings. The first-order valence-electron chi connectivity index (χ1n) is 6.59. The first kappa shape index (κ1) is 15.0. The van der Waals surface area contributed by atoms with E-state index in [1.165, 1.54) is 13.2 Å². The highest BCUT2D eigenvalue weighted by Crippen LogP contribution is 2.22. The molecule has 0 amide bonds. The maximum atomic E-state index is 10.9. The summed E-state index contributed by atoms with van der Waals surface area (Å²) in [6, 6.07) is 4.76. The van der Waals surface area contributed by atoms with Crippen LogP contribution in [-0.2, 0) is 20.0 Å². The molecule has 1 heterocycles. The molecule has 1 N–H and O–H groups in total. The number of nitro benzene ring substituents is 1. The van der Waals surface area contributed by atoms with Crippen molar-refractivity contribution >= 4 is 5.69 Å². The molecule has 7 heteroatoms. The highest BCUT2D eigenvalue weighted by Gasteiger charge is 2.10. The second-order valence-corrected chi connectivity index (χ2v) is 4.68. The van der Waals surface area contributed by atoms with Gasteiger partial charge in [-0.3, -0.25) is 10.1 Å². The van der Waals surface area contributed by atoms with Crippen LogP contribution in [0.25, 0.3) is 0 Å². The molecule has 7 nitrogen and oxygen atoms in total. The number of hydrogen-bond donors (Lipinski definition) is 1. The Bertz CT molecular complexity index is 624. The quantitative estimate of drug-likeness (QED) is 0.476. The molecule has 1 aromatic carbocycles. The number of ether oxygens (including phenoxy) is 1. The van der Waals surface area contributed by atoms with E-state index in [1.807, 2.05) is 17.8 Å². The monoisotopic (exact) mass is 290 g/mol. The van der Waals surface area contributed by atoms with Gasteiger partial charge < -0.3 is 14.6 Å². The first-order valence-corrected chi connectivity index (χ1v) is 6.59. The zero-order valence-electron chi connectivity index (χ0n) is 12.1. The minimum Gasteiger partial charge on any atom is -0.496 e. The fourth-order valence-electron chi connectivity index (χ4n) is 2.04. The van der Waals surface area contributed by atoms with Crippen LogP contribution in [0.2, 0.25) is 0 Å². The maximum Gasteiger partial charge on any atom is 0.273 e. The van der Waals surface area contributed by atoms with Crippen molar-refractivity contribution < 1.29 is 9.66 Å². The lowest BCUT2D eigenvalue weighted by atomic mass is 10.2. The van der Waals surface area contributed by atoms with Gasteiger partial charge in [0.05, 0.1) is 18.1 Å². The molecule has 0 spiro atoms. The van der Waals surface area contributed by atoms with Crippen LogP contribution in [-0.4, -0.2) is 28.1 Å². The fourth-order valence-corrected chi connectivity index (χ4v) is 2.04. The van der Waals surface area contributed by atoms with Crippen LogP contribution in [0.15, 0.2) is 30.6 Å². The summed E-state index contributed by atoms with van der Waals surface area (Å²) in [5.41, 5.74) is 0.858. The fraction of sp³-hybridized carbons (Fsp3) is 0.357. The normalized spacial score (nSPS) is 10.6. The molecule has 0 saturated heterocycles. The molecule has 0 unspecified atom stereocenters. The van der Waals surface area contributed by atoms with Crippen molar-refractivity contribution in [2.45, 2.75) is 13.0 Å². The number of hydrogen-bond acceptors (Lipinski definition) is 5. The van der Waals surface area contributed by atoms with E-state index in [0.717, 1.165) is 24.4 Å². The Labute approximate surface area is 122 Å². The summed E-state index contributed by atoms with van der Waals surface area (Å²) in [6.07, 6.45) is 4.47. The topological polar surface area (TPSA) is 82.2 Å². The lowest BCUT2D eigenvalue weighted by Crippen LogP contribution is -2.18. The molecular formula is C14H18N4O3. The van der Waals surface area contributed by atoms with Gasteiger partial charge >= 0.3 is 0 Å². The summed E-state index contributed by atoms with van der Waals surface area (Å²) in [7, 11) is 3.45. The molecule has 0 atom stereocenters. The lowest BCUT2D eigenvalue weighted by molar-refractivity contribution is -0.385. The van der Waals surface area contributed by atoms with Crippen LogP contribution in [0.5, 0.6) is 5.75 Å². The summed E-state index contributed by atoms with van der Waals surface area (Å²) in [5.74, 6) is 1.49. The Hall–Kier alpha value is -2.41. The predicted octanol–water partition coefficient (Wildman–Crippen LogP) is 1.67. The summed E-state index contributed by atoms with van der Waals surface area (Å²) in [4.78, 5) is 14.7. The second kappa shape index (κ2) is 6.85. The van der Waals surface area contributed by atoms with Gasteiger partial charge in [-0.2, -0.15) is 0 Å². The highest BCUT2D eigenvalue weighted by molar-refractivity contribution is 5.42. The van der Waals surface area contributed by atoms with E-state index in [2.05, 4.69) is 10.3 Å². The zero-order valence-corrected chi connectivity index (χ0v) is 12.1. The molecule has 21 heavy (non-hydrogen) atoms. The molecule has 0 aliphatic heterocycles. The molecule has 0 saturated carbocycles. The SMILES string of the molecule is COc1cc(CNCCc2nccn2C)cc([N+](=O)[O-])c1. The number of imidazole rings is 1. The third-order valence-electron chi connectivity index (χ3n) is 3.17. The minimum atomic E-state index is -0.417. The van der Waals surface area contributed by atoms with Crippen molar-refractivity contribution in [1.82, 2.24) is 14.9 Å². The summed E-state index contributed by atoms with van der Waals surface area (Å²) in [5, 5.41) is 14.1. The van der Waals surface area contributed by atoms with Crippen LogP contribution in [0.1, 0.15) is 11.4 Å². The number of nitro groups is 1. The van der Waals surface area contributed by atoms with E-state index in [0.29, 0.717) is 12.3 Å². The van der Waals surface area contributed by atoms with Crippen LogP contribution in [0.3, 0.4) is 0 Å². The van der Waals surface area contributed by atoms with Crippen LogP contribution < -0.4 is 10.1 Å². The van der Waals surface area contributed by atoms with Crippen molar-refractivity contribution in [3.63, 3.8) is 0 Å². The van der Waals surface area contributed by atoms with E-state index in [1.54, 1.807) is 18.3 Å². The zero-order chi connectivity index (χ0) is 15.2. The largest absolute Gasteiger partial charge is 0.496 e. The van der Waals surface area contributed by atoms with Crippen molar-refractivity contribution in [1.29, 1.82) is 0 Å². The molecular weight excluding hydrogens is 272 g/mol. The highest BCUT2D eigenvalue weighted by atomic mass is 16.6. The number of aromatic nitrogens is 2. The van der Waals surface area contributed by atoms with Crippen molar-refractivity contribution in [2.75, 3.05) is 13.7 Å². The molecule has 2 rings (SSSR count). The van der Waals surface area contributed by atoms with Crippen LogP contribution >= 0.6 is 0 Å². The third kappa shape index (κ3) is 4.03. The van der Waals surface area contributed by atoms with Gasteiger partial charge in [-0.05, 0) is 11.6 Å². The molecule has 0 aliphatic carbocycles. The van der Waals surface area contributed by atoms with Crippen molar-refractivity contribution in [3.8, 4) is 5.75 Å². The smallest absolute Gasteiger partial charge is 0.273 e. The Morgan fingerprint density at radius 2 is 2.24 bits per heavy atom. The van der Waals surface area contributed by atoms with E-state index in [4.69, 9.17) is 4.74 Å². The van der Waals surface area contributed by atoms with Crippen LogP contribution in [0, 0.1) is 10.1 Å². The van der Waals surface area contributed by atoms with Gasteiger partial charge in [-0.15, -0.1) is 0 Å². The van der Waals surface area contributed by atoms with Gasteiger partial charge in [0.1, 0.15) is 11.6 Å². The Morgan fingerprint density at radius 1 is 1.43 bits per heavy atom. The molecule has 0 bridgehead atoms. The second-order valence-electron chi connectivity index (χ2n) is 4.68. The number of methoxy groups -OCH3 is 1. The molecule has 2 aromatic rings. The molecule has 112 valence electrons. The number of nitrogens with zero attached hydrogens (tertiary/aromatic N) is 3. The first-order chi connectivity index (χ1) is 10.1. The number of non-ortho nitro benzene ring substituents is 1. The van der Waals surface area contributed by atoms with Gasteiger partial charge in [-0.1, -0.05) is 0 Å². The van der Waals surface area contributed by atoms with Gasteiger partial charge in [0.2, 0.25) is 0 Å². The molecule has 0 aliphatic rings. The number of nitrogens with one attached hydrogen (secondary N) is 1. The average Bonchev–Trinajstić information content (AvgIpc) is 2.88. The third-order valence-corrected chi connectivity index (χ3v) is 3.17. The number of aryl methyl sites for hydroxylation is 1. The molecule has 1 aromatic heterocycles. The summed E-state index contributed by atoms with van der Waals surface area (Å²) in [6.45, 7) is 1.29. The van der Waals surface area contributed by atoms with Crippen molar-refractivity contribution in [3.05, 3.63) is 52.1 Å². The standard InChI is InChI=1S/C14H18N4O3/c1-17-6-5-16-14(17)3-4-15-10-11-7-12(18(19)20)9-13(8-11)21-2/h5-9,15H,3-4,10H2,1-2H3. The summed E-state index contributed by atoms with van der Waals surface area (Å²) < 4.78 is 7.05. The Balaban J connectivity index is 1.92. The van der Waals surface area contributed by atoms with E-state index >= 15 is 0 Å². The van der Waals surface area contributed by atoms with Crippen molar-refractivity contribution in [2.24, 2.45) is 7.05 Å². The molecule has 0 radical (unpaired) electrons. The lowest BCUT2D eigenvalue weighted by Gasteiger charge is -2.07. The predicted molar refractivity (Wildman–Crippen MR) is 78.3 cm³/mol. The van der Waals surface area contributed by atoms with Crippen LogP contribution in [0.4, 0.5) is 5.69 Å². The Kier molecular flexibility index (Phi) is 4.89.